The monoisotopic (exact) mass is 281 g/mol. The number of aromatic nitrogens is 1. The van der Waals surface area contributed by atoms with Gasteiger partial charge in [-0.25, -0.2) is 4.98 Å². The largest absolute Gasteiger partial charge is 0.496 e. The van der Waals surface area contributed by atoms with E-state index in [0.29, 0.717) is 5.46 Å². The van der Waals surface area contributed by atoms with Crippen molar-refractivity contribution in [3.05, 3.63) is 18.2 Å². The van der Waals surface area contributed by atoms with Crippen LogP contribution in [-0.2, 0) is 9.31 Å². The quantitative estimate of drug-likeness (QED) is 0.629. The average molecular weight is 281 g/mol. The smallest absolute Gasteiger partial charge is 0.486 e. The zero-order valence-electron chi connectivity index (χ0n) is 12.9. The molecule has 1 saturated heterocycles. The molecule has 110 valence electrons. The van der Waals surface area contributed by atoms with Gasteiger partial charge in [0.2, 0.25) is 0 Å². The Hall–Kier alpha value is -1.14. The summed E-state index contributed by atoms with van der Waals surface area (Å²) in [5, 5.41) is 0. The first-order valence-electron chi connectivity index (χ1n) is 6.80. The van der Waals surface area contributed by atoms with Gasteiger partial charge in [0.25, 0.3) is 5.95 Å². The maximum atomic E-state index is 13.6. The van der Waals surface area contributed by atoms with Crippen LogP contribution in [0.4, 0.5) is 4.39 Å². The van der Waals surface area contributed by atoms with Gasteiger partial charge < -0.3 is 14.0 Å². The zero-order valence-corrected chi connectivity index (χ0v) is 12.9. The fourth-order valence-corrected chi connectivity index (χ4v) is 1.89. The highest BCUT2D eigenvalue weighted by Gasteiger charge is 2.52. The molecule has 0 aliphatic carbocycles. The van der Waals surface area contributed by atoms with Crippen molar-refractivity contribution < 1.29 is 18.4 Å². The molecule has 0 saturated carbocycles. The molecule has 0 N–H and O–H groups in total. The molecule has 1 aromatic rings. The molecule has 4 nitrogen and oxygen atoms in total. The van der Waals surface area contributed by atoms with E-state index in [-0.39, 0.29) is 11.9 Å². The van der Waals surface area contributed by atoms with Crippen LogP contribution in [0.1, 0.15) is 41.5 Å². The second kappa shape index (κ2) is 5.00. The summed E-state index contributed by atoms with van der Waals surface area (Å²) in [6.07, 6.45) is 1.30. The van der Waals surface area contributed by atoms with E-state index in [1.807, 2.05) is 41.5 Å². The molecule has 1 fully saturated rings. The van der Waals surface area contributed by atoms with Crippen molar-refractivity contribution >= 4 is 12.6 Å². The first-order valence-corrected chi connectivity index (χ1v) is 6.80. The molecule has 0 unspecified atom stereocenters. The van der Waals surface area contributed by atoms with Crippen LogP contribution in [0.25, 0.3) is 0 Å². The Labute approximate surface area is 119 Å². The molecular formula is C14H21BFNO3. The third-order valence-electron chi connectivity index (χ3n) is 3.72. The number of rotatable bonds is 3. The van der Waals surface area contributed by atoms with Gasteiger partial charge in [0.15, 0.2) is 5.75 Å². The predicted molar refractivity (Wildman–Crippen MR) is 75.7 cm³/mol. The molecule has 2 heterocycles. The lowest BCUT2D eigenvalue weighted by atomic mass is 9.80. The molecule has 0 spiro atoms. The Kier molecular flexibility index (Phi) is 3.82. The molecule has 0 aromatic carbocycles. The molecule has 0 amide bonds. The first-order chi connectivity index (χ1) is 9.12. The van der Waals surface area contributed by atoms with Crippen LogP contribution in [-0.4, -0.2) is 29.4 Å². The normalized spacial score (nSPS) is 20.5. The Bertz CT molecular complexity index is 489. The number of hydrogen-bond donors (Lipinski definition) is 0. The highest BCUT2D eigenvalue weighted by molar-refractivity contribution is 6.62. The van der Waals surface area contributed by atoms with E-state index in [0.717, 1.165) is 0 Å². The van der Waals surface area contributed by atoms with Gasteiger partial charge in [-0.2, -0.15) is 4.39 Å². The van der Waals surface area contributed by atoms with Crippen LogP contribution in [0.3, 0.4) is 0 Å². The summed E-state index contributed by atoms with van der Waals surface area (Å²) in [7, 11) is -0.567. The van der Waals surface area contributed by atoms with Gasteiger partial charge in [0.1, 0.15) is 0 Å². The Balaban J connectivity index is 2.27. The molecule has 1 aromatic heterocycles. The number of ether oxygens (including phenoxy) is 1. The summed E-state index contributed by atoms with van der Waals surface area (Å²) in [6.45, 7) is 11.5. The summed E-state index contributed by atoms with van der Waals surface area (Å²) in [5.41, 5.74) is -0.225. The predicted octanol–water partition coefficient (Wildman–Crippen LogP) is 2.31. The summed E-state index contributed by atoms with van der Waals surface area (Å²) in [4.78, 5) is 3.72. The van der Waals surface area contributed by atoms with Crippen molar-refractivity contribution in [2.45, 2.75) is 58.8 Å². The topological polar surface area (TPSA) is 40.6 Å². The number of pyridine rings is 1. The van der Waals surface area contributed by atoms with Crippen molar-refractivity contribution in [3.63, 3.8) is 0 Å². The van der Waals surface area contributed by atoms with Crippen LogP contribution >= 0.6 is 0 Å². The van der Waals surface area contributed by atoms with E-state index >= 15 is 0 Å². The number of halogens is 1. The van der Waals surface area contributed by atoms with Gasteiger partial charge in [0, 0.05) is 11.7 Å². The summed E-state index contributed by atoms with van der Waals surface area (Å²) < 4.78 is 30.8. The molecule has 0 atom stereocenters. The average Bonchev–Trinajstić information content (AvgIpc) is 2.50. The van der Waals surface area contributed by atoms with Crippen molar-refractivity contribution in [3.8, 4) is 5.75 Å². The maximum absolute atomic E-state index is 13.6. The van der Waals surface area contributed by atoms with Gasteiger partial charge in [-0.05, 0) is 47.6 Å². The molecule has 6 heteroatoms. The fraction of sp³-hybridized carbons (Fsp3) is 0.643. The van der Waals surface area contributed by atoms with Crippen molar-refractivity contribution in [1.29, 1.82) is 0 Å². The molecule has 20 heavy (non-hydrogen) atoms. The first kappa shape index (κ1) is 15.3. The van der Waals surface area contributed by atoms with Gasteiger partial charge in [-0.3, -0.25) is 0 Å². The Morgan fingerprint density at radius 2 is 1.75 bits per heavy atom. The standard InChI is InChI=1S/C14H21BFNO3/c1-9(2)18-11-7-10(8-17-12(11)16)15-19-13(3,4)14(5,6)20-15/h7-9H,1-6H3. The van der Waals surface area contributed by atoms with Gasteiger partial charge in [-0.1, -0.05) is 0 Å². The minimum absolute atomic E-state index is 0.118. The Morgan fingerprint density at radius 1 is 1.20 bits per heavy atom. The number of nitrogens with zero attached hydrogens (tertiary/aromatic N) is 1. The third kappa shape index (κ3) is 2.81. The second-order valence-electron chi connectivity index (χ2n) is 6.31. The summed E-state index contributed by atoms with van der Waals surface area (Å²) in [5.74, 6) is -0.508. The van der Waals surface area contributed by atoms with E-state index in [9.17, 15) is 4.39 Å². The van der Waals surface area contributed by atoms with E-state index in [1.165, 1.54) is 6.20 Å². The van der Waals surface area contributed by atoms with Gasteiger partial charge in [0.05, 0.1) is 17.3 Å². The summed E-state index contributed by atoms with van der Waals surface area (Å²) >= 11 is 0. The molecule has 1 aliphatic heterocycles. The van der Waals surface area contributed by atoms with Crippen molar-refractivity contribution in [2.75, 3.05) is 0 Å². The van der Waals surface area contributed by atoms with E-state index < -0.39 is 24.3 Å². The SMILES string of the molecule is CC(C)Oc1cc(B2OC(C)(C)C(C)(C)O2)cnc1F. The lowest BCUT2D eigenvalue weighted by Gasteiger charge is -2.32. The fourth-order valence-electron chi connectivity index (χ4n) is 1.89. The number of hydrogen-bond acceptors (Lipinski definition) is 4. The molecule has 2 rings (SSSR count). The van der Waals surface area contributed by atoms with E-state index in [2.05, 4.69) is 4.98 Å². The van der Waals surface area contributed by atoms with Crippen LogP contribution < -0.4 is 10.2 Å². The minimum atomic E-state index is -0.626. The van der Waals surface area contributed by atoms with E-state index in [4.69, 9.17) is 14.0 Å². The minimum Gasteiger partial charge on any atom is -0.486 e. The lowest BCUT2D eigenvalue weighted by molar-refractivity contribution is 0.00578. The van der Waals surface area contributed by atoms with Crippen LogP contribution in [0.5, 0.6) is 5.75 Å². The van der Waals surface area contributed by atoms with Crippen LogP contribution in [0.2, 0.25) is 0 Å². The molecule has 0 radical (unpaired) electrons. The highest BCUT2D eigenvalue weighted by atomic mass is 19.1. The Morgan fingerprint density at radius 3 is 2.25 bits per heavy atom. The van der Waals surface area contributed by atoms with Gasteiger partial charge >= 0.3 is 7.12 Å². The summed E-state index contributed by atoms with van der Waals surface area (Å²) in [6, 6.07) is 1.59. The van der Waals surface area contributed by atoms with Gasteiger partial charge in [-0.15, -0.1) is 0 Å². The molecule has 0 bridgehead atoms. The van der Waals surface area contributed by atoms with Crippen LogP contribution in [0, 0.1) is 5.95 Å². The van der Waals surface area contributed by atoms with Crippen molar-refractivity contribution in [2.24, 2.45) is 0 Å². The van der Waals surface area contributed by atoms with Crippen LogP contribution in [0.15, 0.2) is 12.3 Å². The highest BCUT2D eigenvalue weighted by Crippen LogP contribution is 2.36. The maximum Gasteiger partial charge on any atom is 0.496 e. The third-order valence-corrected chi connectivity index (χ3v) is 3.72. The molecular weight excluding hydrogens is 260 g/mol. The van der Waals surface area contributed by atoms with E-state index in [1.54, 1.807) is 6.07 Å². The lowest BCUT2D eigenvalue weighted by Crippen LogP contribution is -2.41. The van der Waals surface area contributed by atoms with Crippen molar-refractivity contribution in [1.82, 2.24) is 4.98 Å². The molecule has 1 aliphatic rings. The zero-order chi connectivity index (χ0) is 15.1. The second-order valence-corrected chi connectivity index (χ2v) is 6.31.